The fraction of sp³-hybridized carbons (Fsp3) is 0.200. The van der Waals surface area contributed by atoms with E-state index in [0.29, 0.717) is 10.7 Å². The summed E-state index contributed by atoms with van der Waals surface area (Å²) in [6.07, 6.45) is 0. The molecule has 18 heavy (non-hydrogen) atoms. The number of hydrogen-bond donors (Lipinski definition) is 1. The fourth-order valence-electron chi connectivity index (χ4n) is 1.99. The molecule has 1 N–H and O–H groups in total. The normalized spacial score (nSPS) is 12.2. The van der Waals surface area contributed by atoms with Crippen LogP contribution in [-0.2, 0) is 0 Å². The molecule has 0 spiro atoms. The Kier molecular flexibility index (Phi) is 3.87. The second kappa shape index (κ2) is 5.40. The van der Waals surface area contributed by atoms with Gasteiger partial charge in [-0.2, -0.15) is 0 Å². The van der Waals surface area contributed by atoms with Gasteiger partial charge in [0, 0.05) is 11.1 Å². The first-order valence-electron chi connectivity index (χ1n) is 5.85. The summed E-state index contributed by atoms with van der Waals surface area (Å²) in [5.74, 6) is -0.331. The molecule has 0 saturated carbocycles. The number of anilines is 1. The van der Waals surface area contributed by atoms with Crippen LogP contribution in [0.15, 0.2) is 42.5 Å². The molecule has 0 aliphatic heterocycles. The van der Waals surface area contributed by atoms with Crippen LogP contribution in [0.3, 0.4) is 0 Å². The zero-order chi connectivity index (χ0) is 13.1. The minimum atomic E-state index is -0.331. The molecular formula is C15H15ClFN. The number of hydrogen-bond acceptors (Lipinski definition) is 1. The molecule has 1 atom stereocenters. The van der Waals surface area contributed by atoms with Crippen LogP contribution in [0.2, 0.25) is 5.02 Å². The molecular weight excluding hydrogens is 249 g/mol. The van der Waals surface area contributed by atoms with Gasteiger partial charge in [-0.15, -0.1) is 0 Å². The topological polar surface area (TPSA) is 12.0 Å². The van der Waals surface area contributed by atoms with Gasteiger partial charge in [-0.3, -0.25) is 0 Å². The highest BCUT2D eigenvalue weighted by atomic mass is 35.5. The van der Waals surface area contributed by atoms with Crippen LogP contribution >= 0.6 is 11.6 Å². The molecule has 0 amide bonds. The van der Waals surface area contributed by atoms with Gasteiger partial charge in [0.05, 0.1) is 5.69 Å². The van der Waals surface area contributed by atoms with Gasteiger partial charge >= 0.3 is 0 Å². The third-order valence-corrected chi connectivity index (χ3v) is 3.19. The number of benzene rings is 2. The highest BCUT2D eigenvalue weighted by Crippen LogP contribution is 2.25. The second-order valence-electron chi connectivity index (χ2n) is 4.35. The lowest BCUT2D eigenvalue weighted by molar-refractivity contribution is 0.627. The van der Waals surface area contributed by atoms with Crippen LogP contribution in [-0.4, -0.2) is 0 Å². The third kappa shape index (κ3) is 2.82. The van der Waals surface area contributed by atoms with Crippen molar-refractivity contribution in [2.24, 2.45) is 0 Å². The van der Waals surface area contributed by atoms with Crippen molar-refractivity contribution in [2.45, 2.75) is 19.9 Å². The van der Waals surface area contributed by atoms with Gasteiger partial charge in [-0.05, 0) is 43.2 Å². The van der Waals surface area contributed by atoms with Crippen LogP contribution in [0, 0.1) is 12.7 Å². The van der Waals surface area contributed by atoms with E-state index in [0.717, 1.165) is 5.56 Å². The Balaban J connectivity index is 2.21. The van der Waals surface area contributed by atoms with Crippen LogP contribution in [0.1, 0.15) is 24.1 Å². The van der Waals surface area contributed by atoms with E-state index in [9.17, 15) is 4.39 Å². The standard InChI is InChI=1S/C15H15ClFN/c1-10-5-3-4-6-13(10)11(2)18-15-8-7-12(16)9-14(15)17/h3-9,11,18H,1-2H3. The Morgan fingerprint density at radius 3 is 2.56 bits per heavy atom. The first kappa shape index (κ1) is 12.9. The lowest BCUT2D eigenvalue weighted by Gasteiger charge is -2.18. The van der Waals surface area contributed by atoms with E-state index in [2.05, 4.69) is 5.32 Å². The lowest BCUT2D eigenvalue weighted by atomic mass is 10.0. The highest BCUT2D eigenvalue weighted by molar-refractivity contribution is 6.30. The van der Waals surface area contributed by atoms with Crippen molar-refractivity contribution in [3.8, 4) is 0 Å². The van der Waals surface area contributed by atoms with Crippen LogP contribution in [0.5, 0.6) is 0 Å². The summed E-state index contributed by atoms with van der Waals surface area (Å²) < 4.78 is 13.7. The minimum Gasteiger partial charge on any atom is -0.376 e. The zero-order valence-corrected chi connectivity index (χ0v) is 11.1. The second-order valence-corrected chi connectivity index (χ2v) is 4.78. The predicted molar refractivity (Wildman–Crippen MR) is 74.6 cm³/mol. The van der Waals surface area contributed by atoms with Gasteiger partial charge in [-0.25, -0.2) is 4.39 Å². The largest absolute Gasteiger partial charge is 0.376 e. The van der Waals surface area contributed by atoms with Crippen molar-refractivity contribution in [1.29, 1.82) is 0 Å². The summed E-state index contributed by atoms with van der Waals surface area (Å²) in [6.45, 7) is 4.06. The Bertz CT molecular complexity index is 554. The summed E-state index contributed by atoms with van der Waals surface area (Å²) in [5, 5.41) is 3.57. The molecule has 0 radical (unpaired) electrons. The van der Waals surface area contributed by atoms with Crippen molar-refractivity contribution in [3.63, 3.8) is 0 Å². The molecule has 0 saturated heterocycles. The number of rotatable bonds is 3. The summed E-state index contributed by atoms with van der Waals surface area (Å²) in [5.41, 5.74) is 2.81. The number of halogens is 2. The lowest BCUT2D eigenvalue weighted by Crippen LogP contribution is -2.09. The van der Waals surface area contributed by atoms with Crippen molar-refractivity contribution in [1.82, 2.24) is 0 Å². The quantitative estimate of drug-likeness (QED) is 0.825. The van der Waals surface area contributed by atoms with E-state index in [4.69, 9.17) is 11.6 Å². The van der Waals surface area contributed by atoms with E-state index >= 15 is 0 Å². The van der Waals surface area contributed by atoms with E-state index < -0.39 is 0 Å². The van der Waals surface area contributed by atoms with Crippen molar-refractivity contribution >= 4 is 17.3 Å². The third-order valence-electron chi connectivity index (χ3n) is 2.96. The van der Waals surface area contributed by atoms with Crippen LogP contribution < -0.4 is 5.32 Å². The molecule has 0 fully saturated rings. The molecule has 3 heteroatoms. The summed E-state index contributed by atoms with van der Waals surface area (Å²) >= 11 is 5.73. The molecule has 2 rings (SSSR count). The first-order valence-corrected chi connectivity index (χ1v) is 6.23. The van der Waals surface area contributed by atoms with Crippen molar-refractivity contribution in [3.05, 3.63) is 64.4 Å². The van der Waals surface area contributed by atoms with Crippen molar-refractivity contribution in [2.75, 3.05) is 5.32 Å². The van der Waals surface area contributed by atoms with E-state index in [1.165, 1.54) is 11.6 Å². The van der Waals surface area contributed by atoms with E-state index in [1.54, 1.807) is 12.1 Å². The van der Waals surface area contributed by atoms with Crippen molar-refractivity contribution < 1.29 is 4.39 Å². The van der Waals surface area contributed by atoms with E-state index in [-0.39, 0.29) is 11.9 Å². The molecule has 1 unspecified atom stereocenters. The molecule has 2 aromatic rings. The maximum absolute atomic E-state index is 13.7. The molecule has 0 heterocycles. The summed E-state index contributed by atoms with van der Waals surface area (Å²) in [4.78, 5) is 0. The average Bonchev–Trinajstić information content (AvgIpc) is 2.33. The molecule has 0 aromatic heterocycles. The SMILES string of the molecule is Cc1ccccc1C(C)Nc1ccc(Cl)cc1F. The molecule has 0 aliphatic rings. The van der Waals surface area contributed by atoms with Gasteiger partial charge in [0.25, 0.3) is 0 Å². The van der Waals surface area contributed by atoms with Gasteiger partial charge < -0.3 is 5.32 Å². The molecule has 0 aliphatic carbocycles. The van der Waals surface area contributed by atoms with Crippen LogP contribution in [0.4, 0.5) is 10.1 Å². The van der Waals surface area contributed by atoms with Crippen LogP contribution in [0.25, 0.3) is 0 Å². The predicted octanol–water partition coefficient (Wildman–Crippen LogP) is 4.96. The molecule has 94 valence electrons. The van der Waals surface area contributed by atoms with E-state index in [1.807, 2.05) is 38.1 Å². The number of nitrogens with one attached hydrogen (secondary N) is 1. The molecule has 0 bridgehead atoms. The Labute approximate surface area is 112 Å². The summed E-state index contributed by atoms with van der Waals surface area (Å²) in [7, 11) is 0. The monoisotopic (exact) mass is 263 g/mol. The molecule has 1 nitrogen and oxygen atoms in total. The molecule has 2 aromatic carbocycles. The van der Waals surface area contributed by atoms with Gasteiger partial charge in [-0.1, -0.05) is 35.9 Å². The average molecular weight is 264 g/mol. The summed E-state index contributed by atoms with van der Waals surface area (Å²) in [6, 6.07) is 12.8. The number of aryl methyl sites for hydroxylation is 1. The minimum absolute atomic E-state index is 0.0434. The highest BCUT2D eigenvalue weighted by Gasteiger charge is 2.10. The Hall–Kier alpha value is -1.54. The Morgan fingerprint density at radius 1 is 1.17 bits per heavy atom. The maximum Gasteiger partial charge on any atom is 0.147 e. The van der Waals surface area contributed by atoms with Gasteiger partial charge in [0.15, 0.2) is 0 Å². The smallest absolute Gasteiger partial charge is 0.147 e. The first-order chi connectivity index (χ1) is 8.58. The Morgan fingerprint density at radius 2 is 1.89 bits per heavy atom. The fourth-order valence-corrected chi connectivity index (χ4v) is 2.15. The van der Waals surface area contributed by atoms with Gasteiger partial charge in [0.2, 0.25) is 0 Å². The van der Waals surface area contributed by atoms with Gasteiger partial charge in [0.1, 0.15) is 5.82 Å². The zero-order valence-electron chi connectivity index (χ0n) is 10.4. The maximum atomic E-state index is 13.7.